The Labute approximate surface area is 171 Å². The van der Waals surface area contributed by atoms with Crippen molar-refractivity contribution in [1.82, 2.24) is 15.5 Å². The molecule has 2 rings (SSSR count). The molecular formula is C19H39IN4O. The number of rotatable bonds is 7. The molecule has 1 atom stereocenters. The Morgan fingerprint density at radius 3 is 2.60 bits per heavy atom. The lowest BCUT2D eigenvalue weighted by Crippen LogP contribution is -2.44. The molecule has 1 heterocycles. The topological polar surface area (TPSA) is 59.9 Å². The normalized spacial score (nSPS) is 24.4. The maximum atomic E-state index is 9.47. The monoisotopic (exact) mass is 466 g/mol. The van der Waals surface area contributed by atoms with Crippen LogP contribution in [-0.2, 0) is 0 Å². The summed E-state index contributed by atoms with van der Waals surface area (Å²) in [5.41, 5.74) is 0.223. The molecule has 0 aromatic carbocycles. The van der Waals surface area contributed by atoms with Crippen LogP contribution in [0.4, 0.5) is 0 Å². The summed E-state index contributed by atoms with van der Waals surface area (Å²) in [6.07, 6.45) is 9.84. The summed E-state index contributed by atoms with van der Waals surface area (Å²) in [6, 6.07) is 0. The van der Waals surface area contributed by atoms with Crippen molar-refractivity contribution in [3.05, 3.63) is 0 Å². The van der Waals surface area contributed by atoms with E-state index in [2.05, 4.69) is 29.5 Å². The number of nitrogens with one attached hydrogen (secondary N) is 2. The Morgan fingerprint density at radius 2 is 1.96 bits per heavy atom. The predicted octanol–water partition coefficient (Wildman–Crippen LogP) is 2.83. The van der Waals surface area contributed by atoms with Crippen molar-refractivity contribution >= 4 is 29.9 Å². The first kappa shape index (κ1) is 23.0. The lowest BCUT2D eigenvalue weighted by molar-refractivity contribution is 0.137. The minimum Gasteiger partial charge on any atom is -0.396 e. The van der Waals surface area contributed by atoms with E-state index in [1.165, 1.54) is 58.0 Å². The molecule has 0 amide bonds. The van der Waals surface area contributed by atoms with E-state index in [0.717, 1.165) is 32.0 Å². The van der Waals surface area contributed by atoms with Crippen LogP contribution in [0.1, 0.15) is 58.3 Å². The van der Waals surface area contributed by atoms with Gasteiger partial charge >= 0.3 is 0 Å². The number of hydrogen-bond acceptors (Lipinski definition) is 3. The molecule has 1 saturated carbocycles. The number of piperidine rings is 1. The van der Waals surface area contributed by atoms with Gasteiger partial charge in [-0.25, -0.2) is 0 Å². The van der Waals surface area contributed by atoms with Crippen LogP contribution < -0.4 is 10.6 Å². The van der Waals surface area contributed by atoms with Gasteiger partial charge in [-0.15, -0.1) is 24.0 Å². The summed E-state index contributed by atoms with van der Waals surface area (Å²) in [5.74, 6) is 1.67. The van der Waals surface area contributed by atoms with Gasteiger partial charge in [-0.2, -0.15) is 0 Å². The van der Waals surface area contributed by atoms with Gasteiger partial charge in [-0.1, -0.05) is 19.3 Å². The van der Waals surface area contributed by atoms with Crippen molar-refractivity contribution < 1.29 is 5.11 Å². The van der Waals surface area contributed by atoms with Gasteiger partial charge in [0.05, 0.1) is 0 Å². The van der Waals surface area contributed by atoms with Gasteiger partial charge in [-0.3, -0.25) is 4.99 Å². The maximum absolute atomic E-state index is 9.47. The Bertz CT molecular complexity index is 380. The van der Waals surface area contributed by atoms with Crippen molar-refractivity contribution in [1.29, 1.82) is 0 Å². The fraction of sp³-hybridized carbons (Fsp3) is 0.947. The Morgan fingerprint density at radius 1 is 1.20 bits per heavy atom. The number of aliphatic imine (C=N–C) groups is 1. The van der Waals surface area contributed by atoms with Crippen LogP contribution in [0.15, 0.2) is 4.99 Å². The number of aliphatic hydroxyl groups is 1. The number of guanidine groups is 1. The van der Waals surface area contributed by atoms with Gasteiger partial charge in [0.15, 0.2) is 5.96 Å². The minimum atomic E-state index is 0. The summed E-state index contributed by atoms with van der Waals surface area (Å²) >= 11 is 0. The van der Waals surface area contributed by atoms with E-state index in [-0.39, 0.29) is 36.0 Å². The van der Waals surface area contributed by atoms with Crippen molar-refractivity contribution in [3.8, 4) is 0 Å². The third-order valence-corrected chi connectivity index (χ3v) is 5.75. The summed E-state index contributed by atoms with van der Waals surface area (Å²) in [4.78, 5) is 7.33. The SMILES string of the molecule is CCNC(=NCC1(CCO)CCCCC1)NCC1CCCN(C)C1.I. The van der Waals surface area contributed by atoms with E-state index in [1.807, 2.05) is 0 Å². The lowest BCUT2D eigenvalue weighted by Gasteiger charge is -2.36. The zero-order valence-corrected chi connectivity index (χ0v) is 18.6. The van der Waals surface area contributed by atoms with Gasteiger partial charge in [0.1, 0.15) is 0 Å². The molecule has 2 aliphatic rings. The fourth-order valence-electron chi connectivity index (χ4n) is 4.30. The number of likely N-dealkylation sites (tertiary alicyclic amines) is 1. The average molecular weight is 466 g/mol. The Kier molecular flexibility index (Phi) is 11.3. The van der Waals surface area contributed by atoms with Crippen LogP contribution in [-0.4, -0.2) is 62.3 Å². The molecule has 5 nitrogen and oxygen atoms in total. The van der Waals surface area contributed by atoms with E-state index < -0.39 is 0 Å². The second-order valence-corrected chi connectivity index (χ2v) is 7.88. The maximum Gasteiger partial charge on any atom is 0.191 e. The first-order valence-corrected chi connectivity index (χ1v) is 9.99. The third-order valence-electron chi connectivity index (χ3n) is 5.75. The lowest BCUT2D eigenvalue weighted by atomic mass is 9.72. The predicted molar refractivity (Wildman–Crippen MR) is 117 cm³/mol. The first-order valence-electron chi connectivity index (χ1n) is 9.99. The Hall–Kier alpha value is -0.0800. The van der Waals surface area contributed by atoms with E-state index in [9.17, 15) is 5.11 Å². The zero-order valence-electron chi connectivity index (χ0n) is 16.2. The molecule has 0 radical (unpaired) electrons. The van der Waals surface area contributed by atoms with E-state index in [0.29, 0.717) is 5.92 Å². The number of hydrogen-bond donors (Lipinski definition) is 3. The fourth-order valence-corrected chi connectivity index (χ4v) is 4.30. The number of aliphatic hydroxyl groups excluding tert-OH is 1. The van der Waals surface area contributed by atoms with Crippen LogP contribution in [0.2, 0.25) is 0 Å². The summed E-state index contributed by atoms with van der Waals surface area (Å²) in [6.45, 7) is 7.55. The van der Waals surface area contributed by atoms with Crippen LogP contribution in [0.5, 0.6) is 0 Å². The smallest absolute Gasteiger partial charge is 0.191 e. The highest BCUT2D eigenvalue weighted by atomic mass is 127. The average Bonchev–Trinajstić information content (AvgIpc) is 2.59. The molecule has 2 fully saturated rings. The quantitative estimate of drug-likeness (QED) is 0.307. The molecular weight excluding hydrogens is 427 g/mol. The van der Waals surface area contributed by atoms with Gasteiger partial charge in [-0.05, 0) is 64.0 Å². The number of halogens is 1. The molecule has 0 spiro atoms. The summed E-state index contributed by atoms with van der Waals surface area (Å²) < 4.78 is 0. The third kappa shape index (κ3) is 7.99. The Balaban J connectivity index is 0.00000312. The molecule has 148 valence electrons. The van der Waals surface area contributed by atoms with Gasteiger partial charge < -0.3 is 20.6 Å². The molecule has 1 aliphatic carbocycles. The van der Waals surface area contributed by atoms with Crippen LogP contribution >= 0.6 is 24.0 Å². The molecule has 25 heavy (non-hydrogen) atoms. The van der Waals surface area contributed by atoms with Crippen molar-refractivity contribution in [2.75, 3.05) is 46.4 Å². The van der Waals surface area contributed by atoms with Gasteiger partial charge in [0, 0.05) is 32.8 Å². The highest BCUT2D eigenvalue weighted by Gasteiger charge is 2.31. The molecule has 0 bridgehead atoms. The van der Waals surface area contributed by atoms with Gasteiger partial charge in [0.25, 0.3) is 0 Å². The van der Waals surface area contributed by atoms with Crippen molar-refractivity contribution in [3.63, 3.8) is 0 Å². The molecule has 0 aromatic heterocycles. The van der Waals surface area contributed by atoms with Crippen LogP contribution in [0.25, 0.3) is 0 Å². The van der Waals surface area contributed by atoms with E-state index >= 15 is 0 Å². The zero-order chi connectivity index (χ0) is 17.3. The second-order valence-electron chi connectivity index (χ2n) is 7.88. The standard InChI is InChI=1S/C19H38N4O.HI/c1-3-20-18(21-14-17-8-7-12-23(2)15-17)22-16-19(11-13-24)9-5-4-6-10-19;/h17,24H,3-16H2,1-2H3,(H2,20,21,22);1H. The minimum absolute atomic E-state index is 0. The van der Waals surface area contributed by atoms with Crippen LogP contribution in [0.3, 0.4) is 0 Å². The largest absolute Gasteiger partial charge is 0.396 e. The van der Waals surface area contributed by atoms with E-state index in [4.69, 9.17) is 4.99 Å². The van der Waals surface area contributed by atoms with Gasteiger partial charge in [0.2, 0.25) is 0 Å². The summed E-state index contributed by atoms with van der Waals surface area (Å²) in [7, 11) is 2.22. The highest BCUT2D eigenvalue weighted by molar-refractivity contribution is 14.0. The number of nitrogens with zero attached hydrogens (tertiary/aromatic N) is 2. The molecule has 6 heteroatoms. The molecule has 3 N–H and O–H groups in total. The summed E-state index contributed by atoms with van der Waals surface area (Å²) in [5, 5.41) is 16.4. The molecule has 1 aliphatic heterocycles. The van der Waals surface area contributed by atoms with E-state index in [1.54, 1.807) is 0 Å². The highest BCUT2D eigenvalue weighted by Crippen LogP contribution is 2.39. The molecule has 0 aromatic rings. The van der Waals surface area contributed by atoms with Crippen molar-refractivity contribution in [2.24, 2.45) is 16.3 Å². The first-order chi connectivity index (χ1) is 11.7. The van der Waals surface area contributed by atoms with Crippen LogP contribution in [0, 0.1) is 11.3 Å². The van der Waals surface area contributed by atoms with Crippen molar-refractivity contribution in [2.45, 2.75) is 58.3 Å². The molecule has 1 unspecified atom stereocenters. The molecule has 1 saturated heterocycles. The second kappa shape index (κ2) is 12.3.